The number of piperazine rings is 1. The highest BCUT2D eigenvalue weighted by molar-refractivity contribution is 7.89. The van der Waals surface area contributed by atoms with Crippen LogP contribution in [0.3, 0.4) is 0 Å². The van der Waals surface area contributed by atoms with E-state index in [1.165, 1.54) is 15.6 Å². The van der Waals surface area contributed by atoms with Crippen LogP contribution >= 0.6 is 11.3 Å². The van der Waals surface area contributed by atoms with Gasteiger partial charge in [0, 0.05) is 50.1 Å². The van der Waals surface area contributed by atoms with Crippen molar-refractivity contribution < 1.29 is 17.7 Å². The molecular formula is C22H31N5O4S2. The van der Waals surface area contributed by atoms with Crippen molar-refractivity contribution in [3.8, 4) is 10.7 Å². The summed E-state index contributed by atoms with van der Waals surface area (Å²) >= 11 is 1.37. The molecule has 1 saturated carbocycles. The molecule has 1 atom stereocenters. The minimum Gasteiger partial charge on any atom is -0.340 e. The smallest absolute Gasteiger partial charge is 0.244 e. The van der Waals surface area contributed by atoms with Crippen LogP contribution in [0.2, 0.25) is 0 Å². The maximum Gasteiger partial charge on any atom is 0.244 e. The zero-order valence-corrected chi connectivity index (χ0v) is 20.8. The first kappa shape index (κ1) is 22.9. The van der Waals surface area contributed by atoms with Crippen molar-refractivity contribution in [2.75, 3.05) is 45.8 Å². The van der Waals surface area contributed by atoms with E-state index in [-0.39, 0.29) is 23.3 Å². The van der Waals surface area contributed by atoms with Crippen molar-refractivity contribution in [2.45, 2.75) is 50.3 Å². The number of aromatic nitrogens is 2. The number of likely N-dealkylation sites (N-methyl/N-ethyl adjacent to an activating group) is 1. The van der Waals surface area contributed by atoms with Crippen LogP contribution in [0.1, 0.15) is 49.3 Å². The fourth-order valence-corrected chi connectivity index (χ4v) is 7.72. The second kappa shape index (κ2) is 9.09. The van der Waals surface area contributed by atoms with Gasteiger partial charge in [0.05, 0.1) is 15.7 Å². The van der Waals surface area contributed by atoms with E-state index in [0.29, 0.717) is 40.4 Å². The number of amides is 1. The highest BCUT2D eigenvalue weighted by atomic mass is 32.2. The number of piperidine rings is 1. The van der Waals surface area contributed by atoms with Gasteiger partial charge in [-0.05, 0) is 45.2 Å². The van der Waals surface area contributed by atoms with Crippen LogP contribution in [0.5, 0.6) is 0 Å². The summed E-state index contributed by atoms with van der Waals surface area (Å²) in [6.07, 6.45) is 3.55. The van der Waals surface area contributed by atoms with Crippen LogP contribution in [-0.4, -0.2) is 84.4 Å². The Hall–Kier alpha value is -1.82. The summed E-state index contributed by atoms with van der Waals surface area (Å²) < 4.78 is 33.9. The topological polar surface area (TPSA) is 99.8 Å². The molecule has 180 valence electrons. The largest absolute Gasteiger partial charge is 0.340 e. The van der Waals surface area contributed by atoms with E-state index in [0.717, 1.165) is 52.0 Å². The van der Waals surface area contributed by atoms with Crippen LogP contribution in [0, 0.1) is 12.8 Å². The lowest BCUT2D eigenvalue weighted by atomic mass is 9.98. The third kappa shape index (κ3) is 4.60. The Kier molecular flexibility index (Phi) is 6.32. The maximum atomic E-state index is 13.5. The number of sulfonamides is 1. The summed E-state index contributed by atoms with van der Waals surface area (Å²) in [5, 5.41) is 4.06. The maximum absolute atomic E-state index is 13.5. The molecule has 2 saturated heterocycles. The average molecular weight is 494 g/mol. The Bertz CT molecular complexity index is 1120. The van der Waals surface area contributed by atoms with Crippen LogP contribution in [0.25, 0.3) is 10.7 Å². The number of carbonyl (C=O) groups is 1. The summed E-state index contributed by atoms with van der Waals surface area (Å²) in [5.41, 5.74) is 0. The molecule has 3 fully saturated rings. The van der Waals surface area contributed by atoms with Gasteiger partial charge in [0.2, 0.25) is 27.6 Å². The Morgan fingerprint density at radius 3 is 2.64 bits per heavy atom. The molecule has 4 heterocycles. The van der Waals surface area contributed by atoms with Gasteiger partial charge >= 0.3 is 0 Å². The van der Waals surface area contributed by atoms with Gasteiger partial charge in [0.15, 0.2) is 0 Å². The minimum atomic E-state index is -3.71. The Labute approximate surface area is 198 Å². The van der Waals surface area contributed by atoms with E-state index in [1.54, 1.807) is 6.07 Å². The monoisotopic (exact) mass is 493 g/mol. The molecule has 2 aliphatic heterocycles. The SMILES string of the molecule is CCN1CCN(C(=O)[C@@H]2CCCN(S(=O)(=O)c3cc(-c4noc(C5CC5)n4)sc3C)C2)CC1. The molecule has 0 spiro atoms. The van der Waals surface area contributed by atoms with Gasteiger partial charge in [-0.25, -0.2) is 8.42 Å². The lowest BCUT2D eigenvalue weighted by molar-refractivity contribution is -0.138. The molecule has 2 aromatic rings. The van der Waals surface area contributed by atoms with Gasteiger partial charge in [-0.2, -0.15) is 9.29 Å². The molecule has 0 bridgehead atoms. The second-order valence-corrected chi connectivity index (χ2v) is 12.4. The standard InChI is InChI=1S/C22H31N5O4S2/c1-3-25-9-11-26(12-10-25)22(28)17-5-4-8-27(14-17)33(29,30)19-13-18(32-15(19)2)20-23-21(31-24-20)16-6-7-16/h13,16-17H,3-12,14H2,1-2H3/t17-/m1/s1. The number of hydrogen-bond donors (Lipinski definition) is 0. The number of carbonyl (C=O) groups excluding carboxylic acids is 1. The van der Waals surface area contributed by atoms with Crippen molar-refractivity contribution in [3.05, 3.63) is 16.8 Å². The summed E-state index contributed by atoms with van der Waals surface area (Å²) in [4.78, 5) is 23.5. The van der Waals surface area contributed by atoms with Gasteiger partial charge in [-0.15, -0.1) is 11.3 Å². The Balaban J connectivity index is 1.30. The van der Waals surface area contributed by atoms with E-state index in [1.807, 2.05) is 11.8 Å². The minimum absolute atomic E-state index is 0.0905. The summed E-state index contributed by atoms with van der Waals surface area (Å²) in [6.45, 7) is 8.81. The zero-order valence-electron chi connectivity index (χ0n) is 19.2. The number of thiophene rings is 1. The second-order valence-electron chi connectivity index (χ2n) is 9.22. The lowest BCUT2D eigenvalue weighted by Crippen LogP contribution is -2.52. The summed E-state index contributed by atoms with van der Waals surface area (Å²) in [6, 6.07) is 1.66. The van der Waals surface area contributed by atoms with Crippen LogP contribution in [0.15, 0.2) is 15.5 Å². The van der Waals surface area contributed by atoms with E-state index >= 15 is 0 Å². The number of nitrogens with zero attached hydrogens (tertiary/aromatic N) is 5. The number of rotatable bonds is 6. The predicted molar refractivity (Wildman–Crippen MR) is 124 cm³/mol. The van der Waals surface area contributed by atoms with Crippen molar-refractivity contribution in [3.63, 3.8) is 0 Å². The molecule has 9 nitrogen and oxygen atoms in total. The first-order chi connectivity index (χ1) is 15.9. The van der Waals surface area contributed by atoms with E-state index in [2.05, 4.69) is 22.0 Å². The fraction of sp³-hybridized carbons (Fsp3) is 0.682. The highest BCUT2D eigenvalue weighted by Crippen LogP contribution is 2.41. The third-order valence-corrected chi connectivity index (χ3v) is 10.1. The molecule has 0 radical (unpaired) electrons. The zero-order chi connectivity index (χ0) is 23.2. The lowest BCUT2D eigenvalue weighted by Gasteiger charge is -2.38. The third-order valence-electron chi connectivity index (χ3n) is 6.94. The highest BCUT2D eigenvalue weighted by Gasteiger charge is 2.37. The van der Waals surface area contributed by atoms with Crippen molar-refractivity contribution in [2.24, 2.45) is 5.92 Å². The molecule has 2 aromatic heterocycles. The van der Waals surface area contributed by atoms with Crippen LogP contribution < -0.4 is 0 Å². The molecule has 1 aliphatic carbocycles. The average Bonchev–Trinajstić information content (AvgIpc) is 3.43. The normalized spacial score (nSPS) is 23.2. The van der Waals surface area contributed by atoms with Crippen LogP contribution in [0.4, 0.5) is 0 Å². The van der Waals surface area contributed by atoms with Crippen molar-refractivity contribution in [1.29, 1.82) is 0 Å². The Morgan fingerprint density at radius 2 is 1.94 bits per heavy atom. The molecule has 0 N–H and O–H groups in total. The molecule has 0 unspecified atom stereocenters. The molecule has 1 amide bonds. The van der Waals surface area contributed by atoms with E-state index in [9.17, 15) is 13.2 Å². The molecule has 33 heavy (non-hydrogen) atoms. The molecule has 3 aliphatic rings. The van der Waals surface area contributed by atoms with Gasteiger partial charge < -0.3 is 14.3 Å². The molecule has 5 rings (SSSR count). The fourth-order valence-electron chi connectivity index (χ4n) is 4.71. The van der Waals surface area contributed by atoms with Gasteiger partial charge in [0.25, 0.3) is 0 Å². The van der Waals surface area contributed by atoms with Gasteiger partial charge in [-0.1, -0.05) is 12.1 Å². The molecule has 11 heteroatoms. The number of aryl methyl sites for hydroxylation is 1. The summed E-state index contributed by atoms with van der Waals surface area (Å²) in [7, 11) is -3.71. The van der Waals surface area contributed by atoms with E-state index in [4.69, 9.17) is 4.52 Å². The van der Waals surface area contributed by atoms with Crippen LogP contribution in [-0.2, 0) is 14.8 Å². The van der Waals surface area contributed by atoms with Crippen molar-refractivity contribution in [1.82, 2.24) is 24.2 Å². The first-order valence-electron chi connectivity index (χ1n) is 11.8. The van der Waals surface area contributed by atoms with Gasteiger partial charge in [-0.3, -0.25) is 4.79 Å². The Morgan fingerprint density at radius 1 is 1.18 bits per heavy atom. The quantitative estimate of drug-likeness (QED) is 0.610. The summed E-state index contributed by atoms with van der Waals surface area (Å²) in [5.74, 6) is 1.25. The van der Waals surface area contributed by atoms with E-state index < -0.39 is 10.0 Å². The predicted octanol–water partition coefficient (Wildman–Crippen LogP) is 2.55. The van der Waals surface area contributed by atoms with Crippen molar-refractivity contribution >= 4 is 27.3 Å². The molecule has 0 aromatic carbocycles. The first-order valence-corrected chi connectivity index (χ1v) is 14.1. The van der Waals surface area contributed by atoms with Gasteiger partial charge in [0.1, 0.15) is 0 Å². The molecular weight excluding hydrogens is 462 g/mol. The number of hydrogen-bond acceptors (Lipinski definition) is 8.